The van der Waals surface area contributed by atoms with Gasteiger partial charge >= 0.3 is 0 Å². The molecular formula is C25H28N4O5S. The Morgan fingerprint density at radius 1 is 1.03 bits per heavy atom. The number of anilines is 1. The molecule has 9 nitrogen and oxygen atoms in total. The number of morpholine rings is 1. The Bertz CT molecular complexity index is 1360. The summed E-state index contributed by atoms with van der Waals surface area (Å²) in [6.45, 7) is 6.28. The second-order valence-corrected chi connectivity index (χ2v) is 10.5. The predicted octanol–water partition coefficient (Wildman–Crippen LogP) is 2.85. The summed E-state index contributed by atoms with van der Waals surface area (Å²) >= 11 is 0. The lowest BCUT2D eigenvalue weighted by molar-refractivity contribution is -0.0440. The number of aromatic nitrogens is 2. The maximum absolute atomic E-state index is 13.0. The largest absolute Gasteiger partial charge is 0.373 e. The summed E-state index contributed by atoms with van der Waals surface area (Å²) in [4.78, 5) is 25.2. The van der Waals surface area contributed by atoms with Crippen molar-refractivity contribution in [2.24, 2.45) is 0 Å². The van der Waals surface area contributed by atoms with E-state index in [1.165, 1.54) is 45.5 Å². The lowest BCUT2D eigenvalue weighted by Gasteiger charge is -2.34. The van der Waals surface area contributed by atoms with E-state index in [-0.39, 0.29) is 35.9 Å². The first-order chi connectivity index (χ1) is 16.7. The Kier molecular flexibility index (Phi) is 7.15. The number of carbonyl (C=O) groups excluding carboxylic acids is 1. The number of aryl methyl sites for hydroxylation is 1. The van der Waals surface area contributed by atoms with E-state index in [2.05, 4.69) is 17.3 Å². The third-order valence-corrected chi connectivity index (χ3v) is 7.61. The lowest BCUT2D eigenvalue weighted by Crippen LogP contribution is -2.48. The average molecular weight is 497 g/mol. The summed E-state index contributed by atoms with van der Waals surface area (Å²) in [5, 5.41) is 6.83. The molecule has 0 spiro atoms. The van der Waals surface area contributed by atoms with Gasteiger partial charge in [-0.2, -0.15) is 9.40 Å². The molecular weight excluding hydrogens is 468 g/mol. The van der Waals surface area contributed by atoms with Crippen molar-refractivity contribution in [3.05, 3.63) is 82.3 Å². The first-order valence-corrected chi connectivity index (χ1v) is 12.9. The number of amides is 1. The van der Waals surface area contributed by atoms with Gasteiger partial charge in [-0.3, -0.25) is 9.59 Å². The van der Waals surface area contributed by atoms with Crippen LogP contribution in [0.25, 0.3) is 5.69 Å². The maximum Gasteiger partial charge on any atom is 0.280 e. The Labute approximate surface area is 204 Å². The summed E-state index contributed by atoms with van der Waals surface area (Å²) in [6, 6.07) is 14.8. The molecule has 1 aliphatic heterocycles. The first-order valence-electron chi connectivity index (χ1n) is 11.4. The second kappa shape index (κ2) is 10.1. The van der Waals surface area contributed by atoms with E-state index >= 15 is 0 Å². The third-order valence-electron chi connectivity index (χ3n) is 5.77. The predicted molar refractivity (Wildman–Crippen MR) is 132 cm³/mol. The molecule has 1 amide bonds. The SMILES string of the molecule is CCc1ccc(-n2ccc(=O)c(C(=O)Nc3ccc(S(=O)(=O)N4C[C@@H](C)O[C@@H](C)C4)cc3)n2)cc1. The summed E-state index contributed by atoms with van der Waals surface area (Å²) in [6.07, 6.45) is 2.02. The van der Waals surface area contributed by atoms with Crippen molar-refractivity contribution >= 4 is 21.6 Å². The molecule has 0 aliphatic carbocycles. The molecule has 0 unspecified atom stereocenters. The number of hydrogen-bond acceptors (Lipinski definition) is 6. The van der Waals surface area contributed by atoms with Crippen LogP contribution in [0.4, 0.5) is 5.69 Å². The van der Waals surface area contributed by atoms with Crippen LogP contribution in [0.2, 0.25) is 0 Å². The summed E-state index contributed by atoms with van der Waals surface area (Å²) < 4.78 is 34.5. The van der Waals surface area contributed by atoms with Gasteiger partial charge in [0, 0.05) is 31.0 Å². The number of nitrogens with zero attached hydrogens (tertiary/aromatic N) is 3. The number of nitrogens with one attached hydrogen (secondary N) is 1. The zero-order valence-electron chi connectivity index (χ0n) is 19.8. The lowest BCUT2D eigenvalue weighted by atomic mass is 10.1. The van der Waals surface area contributed by atoms with Gasteiger partial charge in [-0.05, 0) is 62.2 Å². The van der Waals surface area contributed by atoms with Crippen LogP contribution in [0, 0.1) is 0 Å². The van der Waals surface area contributed by atoms with Crippen LogP contribution in [0.1, 0.15) is 36.8 Å². The molecule has 0 bridgehead atoms. The quantitative estimate of drug-likeness (QED) is 0.562. The van der Waals surface area contributed by atoms with E-state index in [4.69, 9.17) is 4.74 Å². The molecule has 1 fully saturated rings. The molecule has 1 aliphatic rings. The van der Waals surface area contributed by atoms with Gasteiger partial charge in [-0.1, -0.05) is 19.1 Å². The van der Waals surface area contributed by atoms with Gasteiger partial charge in [0.1, 0.15) is 0 Å². The van der Waals surface area contributed by atoms with E-state index in [1.54, 1.807) is 0 Å². The average Bonchev–Trinajstić information content (AvgIpc) is 2.84. The molecule has 3 aromatic rings. The summed E-state index contributed by atoms with van der Waals surface area (Å²) in [7, 11) is -3.70. The second-order valence-electron chi connectivity index (χ2n) is 8.55. The van der Waals surface area contributed by atoms with Gasteiger partial charge in [0.15, 0.2) is 5.69 Å². The van der Waals surface area contributed by atoms with Gasteiger partial charge in [0.05, 0.1) is 22.8 Å². The Balaban J connectivity index is 1.51. The van der Waals surface area contributed by atoms with Crippen molar-refractivity contribution in [1.29, 1.82) is 0 Å². The van der Waals surface area contributed by atoms with E-state index < -0.39 is 21.4 Å². The van der Waals surface area contributed by atoms with Crippen LogP contribution < -0.4 is 10.7 Å². The molecule has 35 heavy (non-hydrogen) atoms. The number of benzene rings is 2. The Hall–Kier alpha value is -3.34. The van der Waals surface area contributed by atoms with Crippen molar-refractivity contribution in [2.75, 3.05) is 18.4 Å². The molecule has 4 rings (SSSR count). The smallest absolute Gasteiger partial charge is 0.280 e. The highest BCUT2D eigenvalue weighted by atomic mass is 32.2. The van der Waals surface area contributed by atoms with Crippen molar-refractivity contribution in [3.63, 3.8) is 0 Å². The molecule has 0 radical (unpaired) electrons. The fourth-order valence-corrected chi connectivity index (χ4v) is 5.56. The van der Waals surface area contributed by atoms with Crippen LogP contribution in [-0.4, -0.2) is 53.7 Å². The van der Waals surface area contributed by atoms with Crippen molar-refractivity contribution in [2.45, 2.75) is 44.3 Å². The minimum atomic E-state index is -3.70. The molecule has 1 aromatic heterocycles. The number of ether oxygens (including phenoxy) is 1. The normalized spacial score (nSPS) is 18.8. The highest BCUT2D eigenvalue weighted by Crippen LogP contribution is 2.22. The standard InChI is InChI=1S/C25H28N4O5S/c1-4-19-5-9-21(10-6-19)29-14-13-23(30)24(27-29)25(31)26-20-7-11-22(12-8-20)35(32,33)28-15-17(2)34-18(3)16-28/h5-14,17-18H,4,15-16H2,1-3H3,(H,26,31)/t17-,18+. The van der Waals surface area contributed by atoms with Gasteiger partial charge in [-0.25, -0.2) is 13.1 Å². The molecule has 2 aromatic carbocycles. The number of carbonyl (C=O) groups is 1. The van der Waals surface area contributed by atoms with E-state index in [0.717, 1.165) is 17.7 Å². The summed E-state index contributed by atoms with van der Waals surface area (Å²) in [5.74, 6) is -0.680. The third kappa shape index (κ3) is 5.50. The van der Waals surface area contributed by atoms with Crippen LogP contribution in [0.15, 0.2) is 70.5 Å². The molecule has 1 saturated heterocycles. The van der Waals surface area contributed by atoms with Crippen molar-refractivity contribution in [3.8, 4) is 5.69 Å². The Morgan fingerprint density at radius 2 is 1.66 bits per heavy atom. The van der Waals surface area contributed by atoms with Crippen LogP contribution in [-0.2, 0) is 21.2 Å². The van der Waals surface area contributed by atoms with Gasteiger partial charge in [0.25, 0.3) is 5.91 Å². The van der Waals surface area contributed by atoms with Crippen LogP contribution in [0.5, 0.6) is 0 Å². The van der Waals surface area contributed by atoms with E-state index in [1.807, 2.05) is 38.1 Å². The highest BCUT2D eigenvalue weighted by molar-refractivity contribution is 7.89. The maximum atomic E-state index is 13.0. The molecule has 2 atom stereocenters. The van der Waals surface area contributed by atoms with Crippen molar-refractivity contribution < 1.29 is 17.9 Å². The summed E-state index contributed by atoms with van der Waals surface area (Å²) in [5.41, 5.74) is 1.45. The van der Waals surface area contributed by atoms with E-state index in [9.17, 15) is 18.0 Å². The molecule has 10 heteroatoms. The molecule has 184 valence electrons. The van der Waals surface area contributed by atoms with Crippen LogP contribution >= 0.6 is 0 Å². The topological polar surface area (TPSA) is 111 Å². The molecule has 0 saturated carbocycles. The number of hydrogen-bond donors (Lipinski definition) is 1. The molecule has 2 heterocycles. The Morgan fingerprint density at radius 3 is 2.26 bits per heavy atom. The minimum absolute atomic E-state index is 0.118. The van der Waals surface area contributed by atoms with E-state index in [0.29, 0.717) is 5.69 Å². The number of sulfonamides is 1. The first kappa shape index (κ1) is 24.8. The minimum Gasteiger partial charge on any atom is -0.373 e. The van der Waals surface area contributed by atoms with Gasteiger partial charge < -0.3 is 10.1 Å². The highest BCUT2D eigenvalue weighted by Gasteiger charge is 2.32. The van der Waals surface area contributed by atoms with Gasteiger partial charge in [0.2, 0.25) is 15.5 Å². The fourth-order valence-electron chi connectivity index (χ4n) is 3.97. The van der Waals surface area contributed by atoms with Crippen molar-refractivity contribution in [1.82, 2.24) is 14.1 Å². The fraction of sp³-hybridized carbons (Fsp3) is 0.320. The zero-order chi connectivity index (χ0) is 25.2. The molecule has 1 N–H and O–H groups in total. The zero-order valence-corrected chi connectivity index (χ0v) is 20.7. The van der Waals surface area contributed by atoms with Gasteiger partial charge in [-0.15, -0.1) is 0 Å². The number of rotatable bonds is 6. The monoisotopic (exact) mass is 496 g/mol. The van der Waals surface area contributed by atoms with Crippen LogP contribution in [0.3, 0.4) is 0 Å².